The molecule has 1 aromatic heterocycles. The summed E-state index contributed by atoms with van der Waals surface area (Å²) in [6.45, 7) is 0.860. The molecule has 0 spiro atoms. The molecule has 2 rings (SSSR count). The van der Waals surface area contributed by atoms with Gasteiger partial charge in [-0.25, -0.2) is 0 Å². The standard InChI is InChI=1S/C20H25N3O4/c1-2-15(13-6-4-3-5-7-13)20(21)23-12-17-16(10-19(26)27)14(11-22-17)8-9-18(24)25/h3-7,11,15,22H,2,8-10,12H2,1H3,(H2,21,23)(H,24,25)(H,26,27)/t15-/m1/s1/i12D/t12-,15+/m0. The van der Waals surface area contributed by atoms with E-state index in [4.69, 9.17) is 12.2 Å². The molecule has 0 aliphatic heterocycles. The number of H-pyrrole nitrogens is 1. The van der Waals surface area contributed by atoms with E-state index in [-0.39, 0.29) is 25.2 Å². The lowest BCUT2D eigenvalue weighted by atomic mass is 9.95. The van der Waals surface area contributed by atoms with Gasteiger partial charge in [0.25, 0.3) is 0 Å². The minimum Gasteiger partial charge on any atom is -0.481 e. The average molecular weight is 372 g/mol. The molecule has 2 aromatic rings. The molecule has 0 aliphatic carbocycles. The number of aliphatic imine (C=N–C) groups is 1. The quantitative estimate of drug-likeness (QED) is 0.376. The predicted molar refractivity (Wildman–Crippen MR) is 103 cm³/mol. The van der Waals surface area contributed by atoms with Gasteiger partial charge in [0, 0.05) is 24.2 Å². The van der Waals surface area contributed by atoms with Crippen molar-refractivity contribution in [1.82, 2.24) is 4.98 Å². The van der Waals surface area contributed by atoms with E-state index >= 15 is 0 Å². The Hall–Kier alpha value is -3.09. The maximum atomic E-state index is 11.2. The minimum atomic E-state index is -1.12. The van der Waals surface area contributed by atoms with Crippen LogP contribution in [0.25, 0.3) is 0 Å². The minimum absolute atomic E-state index is 0.121. The van der Waals surface area contributed by atoms with Crippen molar-refractivity contribution < 1.29 is 21.2 Å². The SMILES string of the molecule is [2H][C@H](N=C(N)[C@H](CC)c1ccccc1)c1[nH]cc(CCC(=O)O)c1CC(=O)O. The predicted octanol–water partition coefficient (Wildman–Crippen LogP) is 2.71. The molecule has 5 N–H and O–H groups in total. The number of nitrogens with two attached hydrogens (primary N) is 1. The lowest BCUT2D eigenvalue weighted by molar-refractivity contribution is -0.137. The first-order valence-electron chi connectivity index (χ1n) is 9.34. The lowest BCUT2D eigenvalue weighted by Gasteiger charge is -2.15. The van der Waals surface area contributed by atoms with Crippen molar-refractivity contribution in [3.63, 3.8) is 0 Å². The van der Waals surface area contributed by atoms with Crippen LogP contribution in [0.1, 0.15) is 49.4 Å². The van der Waals surface area contributed by atoms with Crippen LogP contribution in [0.4, 0.5) is 0 Å². The molecule has 0 saturated carbocycles. The van der Waals surface area contributed by atoms with Crippen LogP contribution in [0.5, 0.6) is 0 Å². The van der Waals surface area contributed by atoms with E-state index < -0.39 is 18.5 Å². The highest BCUT2D eigenvalue weighted by Crippen LogP contribution is 2.21. The number of aryl methyl sites for hydroxylation is 1. The molecule has 0 saturated heterocycles. The zero-order valence-corrected chi connectivity index (χ0v) is 15.2. The van der Waals surface area contributed by atoms with Gasteiger partial charge in [-0.05, 0) is 29.5 Å². The van der Waals surface area contributed by atoms with E-state index in [2.05, 4.69) is 9.98 Å². The van der Waals surface area contributed by atoms with Crippen molar-refractivity contribution in [1.29, 1.82) is 0 Å². The third-order valence-electron chi connectivity index (χ3n) is 4.36. The molecule has 2 atom stereocenters. The van der Waals surface area contributed by atoms with Gasteiger partial charge in [0.2, 0.25) is 0 Å². The van der Waals surface area contributed by atoms with E-state index in [0.29, 0.717) is 29.1 Å². The first-order valence-corrected chi connectivity index (χ1v) is 8.76. The Labute approximate surface area is 159 Å². The van der Waals surface area contributed by atoms with E-state index in [1.165, 1.54) is 0 Å². The summed E-state index contributed by atoms with van der Waals surface area (Å²) in [5, 5.41) is 18.1. The zero-order valence-electron chi connectivity index (χ0n) is 16.2. The number of aliphatic carboxylic acids is 2. The van der Waals surface area contributed by atoms with Gasteiger partial charge in [0.05, 0.1) is 14.3 Å². The molecule has 144 valence electrons. The van der Waals surface area contributed by atoms with Crippen molar-refractivity contribution in [2.75, 3.05) is 0 Å². The Kier molecular flexibility index (Phi) is 6.62. The molecule has 7 nitrogen and oxygen atoms in total. The van der Waals surface area contributed by atoms with Gasteiger partial charge in [-0.3, -0.25) is 14.6 Å². The summed E-state index contributed by atoms with van der Waals surface area (Å²) < 4.78 is 8.38. The van der Waals surface area contributed by atoms with Gasteiger partial charge >= 0.3 is 11.9 Å². The fourth-order valence-corrected chi connectivity index (χ4v) is 2.98. The van der Waals surface area contributed by atoms with Crippen molar-refractivity contribution in [3.8, 4) is 0 Å². The van der Waals surface area contributed by atoms with E-state index in [1.807, 2.05) is 37.3 Å². The van der Waals surface area contributed by atoms with Crippen LogP contribution >= 0.6 is 0 Å². The number of nitrogens with zero attached hydrogens (tertiary/aromatic N) is 1. The van der Waals surface area contributed by atoms with E-state index in [1.54, 1.807) is 6.20 Å². The summed E-state index contributed by atoms with van der Waals surface area (Å²) in [7, 11) is 0. The van der Waals surface area contributed by atoms with Gasteiger partial charge in [-0.2, -0.15) is 0 Å². The number of carbonyl (C=O) groups is 2. The van der Waals surface area contributed by atoms with Gasteiger partial charge in [0.1, 0.15) is 5.84 Å². The first kappa shape index (κ1) is 18.7. The number of rotatable bonds is 10. The molecule has 0 aliphatic rings. The smallest absolute Gasteiger partial charge is 0.307 e. The number of nitrogens with one attached hydrogen (secondary N) is 1. The molecule has 0 fully saturated rings. The molecular weight excluding hydrogens is 346 g/mol. The molecule has 1 aromatic carbocycles. The average Bonchev–Trinajstić information content (AvgIpc) is 3.03. The number of carboxylic acids is 2. The maximum Gasteiger partial charge on any atom is 0.307 e. The fourth-order valence-electron chi connectivity index (χ4n) is 2.98. The molecule has 7 heteroatoms. The third kappa shape index (κ3) is 5.70. The number of hydrogen-bond donors (Lipinski definition) is 4. The number of aromatic amines is 1. The van der Waals surface area contributed by atoms with Crippen molar-refractivity contribution >= 4 is 17.8 Å². The summed E-state index contributed by atoms with van der Waals surface area (Å²) in [5.41, 5.74) is 8.47. The van der Waals surface area contributed by atoms with Crippen LogP contribution in [0.2, 0.25) is 0 Å². The summed E-state index contributed by atoms with van der Waals surface area (Å²) in [5.74, 6) is -1.87. The summed E-state index contributed by atoms with van der Waals surface area (Å²) in [6, 6.07) is 9.63. The van der Waals surface area contributed by atoms with Crippen molar-refractivity contribution in [2.24, 2.45) is 10.7 Å². The highest BCUT2D eigenvalue weighted by atomic mass is 16.4. The number of hydrogen-bond acceptors (Lipinski definition) is 3. The summed E-state index contributed by atoms with van der Waals surface area (Å²) in [4.78, 5) is 29.3. The topological polar surface area (TPSA) is 129 Å². The molecular formula is C20H25N3O4. The highest BCUT2D eigenvalue weighted by Gasteiger charge is 2.17. The van der Waals surface area contributed by atoms with Crippen LogP contribution in [0, 0.1) is 0 Å². The van der Waals surface area contributed by atoms with Crippen LogP contribution in [-0.2, 0) is 29.0 Å². The third-order valence-corrected chi connectivity index (χ3v) is 4.36. The number of aromatic nitrogens is 1. The molecule has 0 amide bonds. The Balaban J connectivity index is 2.31. The van der Waals surface area contributed by atoms with E-state index in [0.717, 1.165) is 5.56 Å². The van der Waals surface area contributed by atoms with Gasteiger partial charge < -0.3 is 20.9 Å². The van der Waals surface area contributed by atoms with Gasteiger partial charge in [0.15, 0.2) is 0 Å². The molecule has 1 heterocycles. The monoisotopic (exact) mass is 372 g/mol. The van der Waals surface area contributed by atoms with E-state index in [9.17, 15) is 14.7 Å². The molecule has 0 bridgehead atoms. The largest absolute Gasteiger partial charge is 0.481 e. The molecule has 27 heavy (non-hydrogen) atoms. The second-order valence-electron chi connectivity index (χ2n) is 6.22. The first-order chi connectivity index (χ1) is 13.3. The lowest BCUT2D eigenvalue weighted by Crippen LogP contribution is -2.22. The fraction of sp³-hybridized carbons (Fsp3) is 0.350. The number of carboxylic acid groups (broad SMARTS) is 2. The number of benzene rings is 1. The van der Waals surface area contributed by atoms with Crippen LogP contribution in [-0.4, -0.2) is 33.0 Å². The molecule has 0 unspecified atom stereocenters. The van der Waals surface area contributed by atoms with Crippen LogP contribution < -0.4 is 5.73 Å². The van der Waals surface area contributed by atoms with Crippen LogP contribution in [0.3, 0.4) is 0 Å². The van der Waals surface area contributed by atoms with Gasteiger partial charge in [-0.15, -0.1) is 0 Å². The second kappa shape index (κ2) is 9.56. The Morgan fingerprint density at radius 2 is 1.96 bits per heavy atom. The van der Waals surface area contributed by atoms with Gasteiger partial charge in [-0.1, -0.05) is 37.3 Å². The Bertz CT molecular complexity index is 848. The highest BCUT2D eigenvalue weighted by molar-refractivity contribution is 5.87. The summed E-state index contributed by atoms with van der Waals surface area (Å²) >= 11 is 0. The Morgan fingerprint density at radius 3 is 2.56 bits per heavy atom. The van der Waals surface area contributed by atoms with Crippen molar-refractivity contribution in [2.45, 2.75) is 45.0 Å². The van der Waals surface area contributed by atoms with Crippen molar-refractivity contribution in [3.05, 3.63) is 58.9 Å². The number of amidine groups is 1. The molecule has 0 radical (unpaired) electrons. The maximum absolute atomic E-state index is 11.2. The zero-order chi connectivity index (χ0) is 20.7. The summed E-state index contributed by atoms with van der Waals surface area (Å²) in [6.07, 6.45) is 2.02. The Morgan fingerprint density at radius 1 is 1.26 bits per heavy atom. The normalized spacial score (nSPS) is 14.4. The second-order valence-corrected chi connectivity index (χ2v) is 6.22. The van der Waals surface area contributed by atoms with Crippen LogP contribution in [0.15, 0.2) is 41.5 Å².